The van der Waals surface area contributed by atoms with E-state index in [1.54, 1.807) is 18.2 Å². The molecular weight excluding hydrogens is 244 g/mol. The highest BCUT2D eigenvalue weighted by Crippen LogP contribution is 2.26. The van der Waals surface area contributed by atoms with E-state index in [9.17, 15) is 0 Å². The highest BCUT2D eigenvalue weighted by molar-refractivity contribution is 6.33. The summed E-state index contributed by atoms with van der Waals surface area (Å²) >= 11 is 6.12. The minimum Gasteiger partial charge on any atom is -0.384 e. The fourth-order valence-corrected chi connectivity index (χ4v) is 2.38. The van der Waals surface area contributed by atoms with E-state index < -0.39 is 0 Å². The van der Waals surface area contributed by atoms with E-state index in [1.807, 2.05) is 0 Å². The van der Waals surface area contributed by atoms with Crippen molar-refractivity contribution in [2.75, 3.05) is 11.9 Å². The van der Waals surface area contributed by atoms with Gasteiger partial charge in [-0.05, 0) is 36.0 Å². The molecule has 0 fully saturated rings. The van der Waals surface area contributed by atoms with E-state index >= 15 is 0 Å². The summed E-state index contributed by atoms with van der Waals surface area (Å²) in [5.41, 5.74) is 1.48. The third kappa shape index (κ3) is 3.92. The topological polar surface area (TPSA) is 35.8 Å². The number of halogens is 1. The van der Waals surface area contributed by atoms with Gasteiger partial charge >= 0.3 is 0 Å². The van der Waals surface area contributed by atoms with Gasteiger partial charge in [0, 0.05) is 6.54 Å². The van der Waals surface area contributed by atoms with E-state index in [0.717, 1.165) is 12.2 Å². The van der Waals surface area contributed by atoms with Crippen molar-refractivity contribution in [2.45, 2.75) is 27.7 Å². The van der Waals surface area contributed by atoms with E-state index in [0.29, 0.717) is 28.3 Å². The number of hydrogen-bond donors (Lipinski definition) is 1. The average molecular weight is 265 g/mol. The van der Waals surface area contributed by atoms with Gasteiger partial charge in [0.15, 0.2) is 0 Å². The molecule has 0 amide bonds. The number of hydrogen-bond acceptors (Lipinski definition) is 2. The molecule has 3 heteroatoms. The van der Waals surface area contributed by atoms with Gasteiger partial charge in [0.25, 0.3) is 0 Å². The summed E-state index contributed by atoms with van der Waals surface area (Å²) < 4.78 is 0. The molecule has 0 aliphatic heterocycles. The third-order valence-electron chi connectivity index (χ3n) is 3.34. The maximum Gasteiger partial charge on any atom is 0.0992 e. The molecule has 1 rings (SSSR count). The second kappa shape index (κ2) is 6.66. The molecular formula is C15H21ClN2. The van der Waals surface area contributed by atoms with Crippen LogP contribution < -0.4 is 5.32 Å². The second-order valence-electron chi connectivity index (χ2n) is 5.34. The summed E-state index contributed by atoms with van der Waals surface area (Å²) in [5.74, 6) is 1.83. The van der Waals surface area contributed by atoms with Crippen molar-refractivity contribution in [3.63, 3.8) is 0 Å². The van der Waals surface area contributed by atoms with Gasteiger partial charge in [0.05, 0.1) is 22.3 Å². The first-order valence-electron chi connectivity index (χ1n) is 6.39. The molecule has 0 aliphatic rings. The molecule has 0 radical (unpaired) electrons. The lowest BCUT2D eigenvalue weighted by Gasteiger charge is -2.25. The van der Waals surface area contributed by atoms with Crippen LogP contribution in [0.15, 0.2) is 18.2 Å². The monoisotopic (exact) mass is 264 g/mol. The van der Waals surface area contributed by atoms with Crippen LogP contribution in [0.5, 0.6) is 0 Å². The van der Waals surface area contributed by atoms with Crippen molar-refractivity contribution in [3.05, 3.63) is 28.8 Å². The maximum atomic E-state index is 8.89. The van der Waals surface area contributed by atoms with Gasteiger partial charge in [-0.2, -0.15) is 5.26 Å². The van der Waals surface area contributed by atoms with Gasteiger partial charge in [0.2, 0.25) is 0 Å². The summed E-state index contributed by atoms with van der Waals surface area (Å²) in [4.78, 5) is 0. The molecule has 0 bridgehead atoms. The van der Waals surface area contributed by atoms with Crippen molar-refractivity contribution >= 4 is 17.3 Å². The lowest BCUT2D eigenvalue weighted by Crippen LogP contribution is -2.24. The second-order valence-corrected chi connectivity index (χ2v) is 5.75. The molecule has 0 unspecified atom stereocenters. The lowest BCUT2D eigenvalue weighted by molar-refractivity contribution is 0.304. The van der Waals surface area contributed by atoms with Crippen molar-refractivity contribution < 1.29 is 0 Å². The lowest BCUT2D eigenvalue weighted by atomic mass is 9.85. The van der Waals surface area contributed by atoms with Crippen LogP contribution in [0, 0.1) is 29.1 Å². The SMILES string of the molecule is CC(C)C(CNc1cc(C#N)ccc1Cl)C(C)C. The normalized spacial score (nSPS) is 11.1. The van der Waals surface area contributed by atoms with E-state index in [-0.39, 0.29) is 0 Å². The summed E-state index contributed by atoms with van der Waals surface area (Å²) in [5, 5.41) is 12.9. The first-order chi connectivity index (χ1) is 8.45. The van der Waals surface area contributed by atoms with Crippen LogP contribution in [0.25, 0.3) is 0 Å². The number of nitrogens with zero attached hydrogens (tertiary/aromatic N) is 1. The van der Waals surface area contributed by atoms with Gasteiger partial charge in [-0.15, -0.1) is 0 Å². The van der Waals surface area contributed by atoms with Crippen LogP contribution in [0.1, 0.15) is 33.3 Å². The Hall–Kier alpha value is -1.20. The number of rotatable bonds is 5. The Kier molecular flexibility index (Phi) is 5.50. The van der Waals surface area contributed by atoms with E-state index in [4.69, 9.17) is 16.9 Å². The van der Waals surface area contributed by atoms with Gasteiger partial charge in [-0.3, -0.25) is 0 Å². The summed E-state index contributed by atoms with van der Waals surface area (Å²) in [6, 6.07) is 7.43. The minimum atomic E-state index is 0.590. The van der Waals surface area contributed by atoms with Gasteiger partial charge in [-0.25, -0.2) is 0 Å². The zero-order chi connectivity index (χ0) is 13.7. The van der Waals surface area contributed by atoms with Crippen LogP contribution in [0.4, 0.5) is 5.69 Å². The molecule has 0 saturated carbocycles. The molecule has 98 valence electrons. The molecule has 1 aromatic rings. The largest absolute Gasteiger partial charge is 0.384 e. The predicted octanol–water partition coefficient (Wildman–Crippen LogP) is 4.55. The Bertz CT molecular complexity index is 425. The Morgan fingerprint density at radius 1 is 1.22 bits per heavy atom. The van der Waals surface area contributed by atoms with Crippen LogP contribution in [-0.2, 0) is 0 Å². The van der Waals surface area contributed by atoms with Gasteiger partial charge < -0.3 is 5.32 Å². The Morgan fingerprint density at radius 2 is 1.83 bits per heavy atom. The van der Waals surface area contributed by atoms with Crippen molar-refractivity contribution in [2.24, 2.45) is 17.8 Å². The van der Waals surface area contributed by atoms with Crippen molar-refractivity contribution in [1.29, 1.82) is 5.26 Å². The molecule has 18 heavy (non-hydrogen) atoms. The minimum absolute atomic E-state index is 0.590. The molecule has 2 nitrogen and oxygen atoms in total. The molecule has 0 heterocycles. The van der Waals surface area contributed by atoms with E-state index in [2.05, 4.69) is 39.1 Å². The highest BCUT2D eigenvalue weighted by atomic mass is 35.5. The summed E-state index contributed by atoms with van der Waals surface area (Å²) in [6.45, 7) is 9.82. The average Bonchev–Trinajstić information content (AvgIpc) is 2.30. The number of nitriles is 1. The Labute approximate surface area is 115 Å². The summed E-state index contributed by atoms with van der Waals surface area (Å²) in [6.07, 6.45) is 0. The standard InChI is InChI=1S/C15H21ClN2/c1-10(2)13(11(3)4)9-18-15-7-12(8-17)5-6-14(15)16/h5-7,10-11,13,18H,9H2,1-4H3. The Morgan fingerprint density at radius 3 is 2.33 bits per heavy atom. The highest BCUT2D eigenvalue weighted by Gasteiger charge is 2.17. The zero-order valence-electron chi connectivity index (χ0n) is 11.5. The van der Waals surface area contributed by atoms with Gasteiger partial charge in [-0.1, -0.05) is 39.3 Å². The van der Waals surface area contributed by atoms with Crippen molar-refractivity contribution in [3.8, 4) is 6.07 Å². The van der Waals surface area contributed by atoms with E-state index in [1.165, 1.54) is 0 Å². The number of nitrogens with one attached hydrogen (secondary N) is 1. The van der Waals surface area contributed by atoms with Crippen LogP contribution in [-0.4, -0.2) is 6.54 Å². The summed E-state index contributed by atoms with van der Waals surface area (Å²) in [7, 11) is 0. The fourth-order valence-electron chi connectivity index (χ4n) is 2.20. The van der Waals surface area contributed by atoms with Crippen molar-refractivity contribution in [1.82, 2.24) is 0 Å². The molecule has 0 saturated heterocycles. The van der Waals surface area contributed by atoms with Crippen LogP contribution in [0.2, 0.25) is 5.02 Å². The predicted molar refractivity (Wildman–Crippen MR) is 77.8 cm³/mol. The molecule has 1 aromatic carbocycles. The molecule has 0 spiro atoms. The fraction of sp³-hybridized carbons (Fsp3) is 0.533. The molecule has 0 atom stereocenters. The number of anilines is 1. The molecule has 1 N–H and O–H groups in total. The third-order valence-corrected chi connectivity index (χ3v) is 3.67. The quantitative estimate of drug-likeness (QED) is 0.847. The first kappa shape index (κ1) is 14.9. The first-order valence-corrected chi connectivity index (χ1v) is 6.77. The number of benzene rings is 1. The zero-order valence-corrected chi connectivity index (χ0v) is 12.3. The molecule has 0 aromatic heterocycles. The van der Waals surface area contributed by atoms with Crippen LogP contribution >= 0.6 is 11.6 Å². The maximum absolute atomic E-state index is 8.89. The van der Waals surface area contributed by atoms with Gasteiger partial charge in [0.1, 0.15) is 0 Å². The smallest absolute Gasteiger partial charge is 0.0992 e. The Balaban J connectivity index is 2.76. The molecule has 0 aliphatic carbocycles. The van der Waals surface area contributed by atoms with Crippen LogP contribution in [0.3, 0.4) is 0 Å².